The van der Waals surface area contributed by atoms with E-state index in [0.29, 0.717) is 12.8 Å². The predicted octanol–water partition coefficient (Wildman–Crippen LogP) is 1.62. The molecule has 1 aromatic rings. The Labute approximate surface area is 90.4 Å². The van der Waals surface area contributed by atoms with Crippen LogP contribution < -0.4 is 0 Å². The highest BCUT2D eigenvalue weighted by Crippen LogP contribution is 2.26. The third kappa shape index (κ3) is 3.87. The van der Waals surface area contributed by atoms with Gasteiger partial charge in [0.1, 0.15) is 17.7 Å². The van der Waals surface area contributed by atoms with Crippen molar-refractivity contribution < 1.29 is 18.3 Å². The van der Waals surface area contributed by atoms with Crippen LogP contribution in [0, 0.1) is 11.8 Å². The van der Waals surface area contributed by atoms with E-state index in [1.807, 2.05) is 0 Å². The summed E-state index contributed by atoms with van der Waals surface area (Å²) in [4.78, 5) is 6.71. The van der Waals surface area contributed by atoms with E-state index in [2.05, 4.69) is 21.8 Å². The third-order valence-corrected chi connectivity index (χ3v) is 1.63. The molecule has 0 saturated heterocycles. The van der Waals surface area contributed by atoms with Crippen LogP contribution >= 0.6 is 0 Å². The van der Waals surface area contributed by atoms with Crippen LogP contribution in [-0.2, 0) is 6.18 Å². The third-order valence-electron chi connectivity index (χ3n) is 1.63. The molecular formula is C10H9F3N2O. The molecule has 1 N–H and O–H groups in total. The highest BCUT2D eigenvalue weighted by atomic mass is 19.4. The number of aliphatic hydroxyl groups is 1. The quantitative estimate of drug-likeness (QED) is 0.620. The summed E-state index contributed by atoms with van der Waals surface area (Å²) in [6.07, 6.45) is -2.74. The monoisotopic (exact) mass is 230 g/mol. The normalized spacial score (nSPS) is 10.8. The molecule has 1 heterocycles. The van der Waals surface area contributed by atoms with Crippen LogP contribution in [0.2, 0.25) is 0 Å². The van der Waals surface area contributed by atoms with E-state index in [-0.39, 0.29) is 12.3 Å². The van der Waals surface area contributed by atoms with Gasteiger partial charge >= 0.3 is 6.18 Å². The summed E-state index contributed by atoms with van der Waals surface area (Å²) < 4.78 is 36.7. The first kappa shape index (κ1) is 12.5. The van der Waals surface area contributed by atoms with Crippen molar-refractivity contribution in [3.05, 3.63) is 23.8 Å². The van der Waals surface area contributed by atoms with Gasteiger partial charge in [0.05, 0.1) is 0 Å². The van der Waals surface area contributed by atoms with E-state index < -0.39 is 11.9 Å². The molecule has 3 nitrogen and oxygen atoms in total. The molecule has 0 atom stereocenters. The molecule has 6 heteroatoms. The Balaban J connectivity index is 2.78. The van der Waals surface area contributed by atoms with Crippen LogP contribution in [0.4, 0.5) is 13.2 Å². The first-order valence-corrected chi connectivity index (χ1v) is 4.53. The molecule has 0 aliphatic heterocycles. The molecule has 0 saturated carbocycles. The van der Waals surface area contributed by atoms with Gasteiger partial charge in [-0.3, -0.25) is 0 Å². The molecule has 0 radical (unpaired) electrons. The van der Waals surface area contributed by atoms with Crippen LogP contribution in [0.1, 0.15) is 24.2 Å². The van der Waals surface area contributed by atoms with Crippen molar-refractivity contribution in [3.63, 3.8) is 0 Å². The van der Waals surface area contributed by atoms with Crippen LogP contribution in [0.5, 0.6) is 0 Å². The summed E-state index contributed by atoms with van der Waals surface area (Å²) >= 11 is 0. The molecule has 0 bridgehead atoms. The van der Waals surface area contributed by atoms with Gasteiger partial charge < -0.3 is 5.11 Å². The number of aromatic nitrogens is 2. The van der Waals surface area contributed by atoms with E-state index >= 15 is 0 Å². The summed E-state index contributed by atoms with van der Waals surface area (Å²) in [5.41, 5.74) is -0.978. The summed E-state index contributed by atoms with van der Waals surface area (Å²) in [7, 11) is 0. The van der Waals surface area contributed by atoms with Crippen molar-refractivity contribution in [2.45, 2.75) is 19.0 Å². The average molecular weight is 230 g/mol. The van der Waals surface area contributed by atoms with Gasteiger partial charge in [0.2, 0.25) is 0 Å². The molecule has 16 heavy (non-hydrogen) atoms. The maximum atomic E-state index is 12.2. The minimum absolute atomic E-state index is 0.00621. The topological polar surface area (TPSA) is 46.0 Å². The first-order chi connectivity index (χ1) is 7.54. The lowest BCUT2D eigenvalue weighted by atomic mass is 10.3. The molecule has 0 aromatic carbocycles. The van der Waals surface area contributed by atoms with E-state index in [9.17, 15) is 13.2 Å². The Kier molecular flexibility index (Phi) is 4.26. The minimum Gasteiger partial charge on any atom is -0.396 e. The Bertz CT molecular complexity index is 407. The largest absolute Gasteiger partial charge is 0.433 e. The Morgan fingerprint density at radius 2 is 2.06 bits per heavy atom. The van der Waals surface area contributed by atoms with Gasteiger partial charge in [0.25, 0.3) is 0 Å². The highest BCUT2D eigenvalue weighted by molar-refractivity contribution is 5.28. The number of alkyl halides is 3. The molecule has 0 aliphatic rings. The molecule has 1 rings (SSSR count). The first-order valence-electron chi connectivity index (χ1n) is 4.53. The number of halogens is 3. The van der Waals surface area contributed by atoms with E-state index in [1.54, 1.807) is 0 Å². The molecule has 0 amide bonds. The molecule has 1 aromatic heterocycles. The van der Waals surface area contributed by atoms with Crippen LogP contribution in [0.15, 0.2) is 12.4 Å². The van der Waals surface area contributed by atoms with Crippen molar-refractivity contribution >= 4 is 0 Å². The van der Waals surface area contributed by atoms with Gasteiger partial charge in [-0.1, -0.05) is 5.92 Å². The zero-order chi connectivity index (χ0) is 12.0. The minimum atomic E-state index is -4.48. The van der Waals surface area contributed by atoms with Gasteiger partial charge in [0, 0.05) is 19.1 Å². The average Bonchev–Trinajstić information content (AvgIpc) is 2.24. The molecule has 0 spiro atoms. The summed E-state index contributed by atoms with van der Waals surface area (Å²) in [5, 5.41) is 8.47. The summed E-state index contributed by atoms with van der Waals surface area (Å²) in [5.74, 6) is 5.09. The van der Waals surface area contributed by atoms with Crippen LogP contribution in [0.3, 0.4) is 0 Å². The lowest BCUT2D eigenvalue weighted by Crippen LogP contribution is -2.08. The molecule has 86 valence electrons. The van der Waals surface area contributed by atoms with Gasteiger partial charge in [-0.05, 0) is 12.3 Å². The molecular weight excluding hydrogens is 221 g/mol. The number of hydrogen-bond acceptors (Lipinski definition) is 3. The molecule has 0 unspecified atom stereocenters. The zero-order valence-corrected chi connectivity index (χ0v) is 8.25. The van der Waals surface area contributed by atoms with Crippen LogP contribution in [-0.4, -0.2) is 21.7 Å². The van der Waals surface area contributed by atoms with Crippen molar-refractivity contribution in [3.8, 4) is 11.8 Å². The van der Waals surface area contributed by atoms with E-state index in [4.69, 9.17) is 5.11 Å². The van der Waals surface area contributed by atoms with Gasteiger partial charge in [-0.2, -0.15) is 13.2 Å². The number of nitrogens with zero attached hydrogens (tertiary/aromatic N) is 2. The lowest BCUT2D eigenvalue weighted by molar-refractivity contribution is -0.141. The van der Waals surface area contributed by atoms with E-state index in [0.717, 1.165) is 12.4 Å². The fourth-order valence-electron chi connectivity index (χ4n) is 0.901. The fourth-order valence-corrected chi connectivity index (χ4v) is 0.901. The van der Waals surface area contributed by atoms with Crippen molar-refractivity contribution in [1.29, 1.82) is 0 Å². The van der Waals surface area contributed by atoms with Crippen LogP contribution in [0.25, 0.3) is 0 Å². The second-order valence-corrected chi connectivity index (χ2v) is 2.92. The highest BCUT2D eigenvalue weighted by Gasteiger charge is 2.32. The summed E-state index contributed by atoms with van der Waals surface area (Å²) in [6, 6.07) is 0.798. The fraction of sp³-hybridized carbons (Fsp3) is 0.400. The van der Waals surface area contributed by atoms with Crippen molar-refractivity contribution in [2.75, 3.05) is 6.61 Å². The van der Waals surface area contributed by atoms with E-state index in [1.165, 1.54) is 0 Å². The summed E-state index contributed by atoms with van der Waals surface area (Å²) in [6.45, 7) is 0.00621. The smallest absolute Gasteiger partial charge is 0.396 e. The number of hydrogen-bond donors (Lipinski definition) is 1. The van der Waals surface area contributed by atoms with Gasteiger partial charge in [-0.15, -0.1) is 0 Å². The standard InChI is InChI=1S/C10H9F3N2O/c11-10(12,13)9-6-8(14-7-15-9)4-2-1-3-5-16/h6-7,16H,1,3,5H2. The van der Waals surface area contributed by atoms with Crippen molar-refractivity contribution in [2.24, 2.45) is 0 Å². The second-order valence-electron chi connectivity index (χ2n) is 2.92. The van der Waals surface area contributed by atoms with Gasteiger partial charge in [-0.25, -0.2) is 9.97 Å². The molecule has 0 fully saturated rings. The molecule has 0 aliphatic carbocycles. The Morgan fingerprint density at radius 3 is 2.69 bits per heavy atom. The van der Waals surface area contributed by atoms with Gasteiger partial charge in [0.15, 0.2) is 0 Å². The number of rotatable bonds is 2. The lowest BCUT2D eigenvalue weighted by Gasteiger charge is -2.03. The second kappa shape index (κ2) is 5.47. The van der Waals surface area contributed by atoms with Crippen molar-refractivity contribution in [1.82, 2.24) is 9.97 Å². The Morgan fingerprint density at radius 1 is 1.31 bits per heavy atom. The zero-order valence-electron chi connectivity index (χ0n) is 8.25. The SMILES string of the molecule is OCCCC#Cc1cc(C(F)(F)F)ncn1. The maximum absolute atomic E-state index is 12.2. The predicted molar refractivity (Wildman–Crippen MR) is 50.2 cm³/mol. The Hall–Kier alpha value is -1.61. The maximum Gasteiger partial charge on any atom is 0.433 e. The number of unbranched alkanes of at least 4 members (excludes halogenated alkanes) is 1. The number of aliphatic hydroxyl groups excluding tert-OH is 1.